The van der Waals surface area contributed by atoms with E-state index >= 15 is 0 Å². The van der Waals surface area contributed by atoms with Crippen molar-refractivity contribution < 1.29 is 4.21 Å². The van der Waals surface area contributed by atoms with E-state index in [0.29, 0.717) is 11.8 Å². The average molecular weight is 267 g/mol. The first-order valence-electron chi connectivity index (χ1n) is 6.84. The fraction of sp³-hybridized carbons (Fsp3) is 0.600. The van der Waals surface area contributed by atoms with Gasteiger partial charge in [0.25, 0.3) is 0 Å². The van der Waals surface area contributed by atoms with E-state index in [-0.39, 0.29) is 0 Å². The molecule has 1 N–H and O–H groups in total. The van der Waals surface area contributed by atoms with Crippen LogP contribution in [-0.4, -0.2) is 22.5 Å². The zero-order valence-electron chi connectivity index (χ0n) is 11.5. The summed E-state index contributed by atoms with van der Waals surface area (Å²) < 4.78 is 11.9. The molecular weight excluding hydrogens is 242 g/mol. The Hall–Kier alpha value is -0.670. The molecule has 2 unspecified atom stereocenters. The minimum absolute atomic E-state index is 0.581. The highest BCUT2D eigenvalue weighted by molar-refractivity contribution is 7.84. The molecule has 0 spiro atoms. The molecule has 0 aliphatic carbocycles. The van der Waals surface area contributed by atoms with Crippen LogP contribution in [-0.2, 0) is 16.6 Å². The summed E-state index contributed by atoms with van der Waals surface area (Å²) in [6.07, 6.45) is 3.40. The van der Waals surface area contributed by atoms with Gasteiger partial charge in [0.05, 0.1) is 0 Å². The zero-order chi connectivity index (χ0) is 13.2. The van der Waals surface area contributed by atoms with Crippen LogP contribution in [0.25, 0.3) is 0 Å². The van der Waals surface area contributed by atoms with Crippen LogP contribution in [0.3, 0.4) is 0 Å². The van der Waals surface area contributed by atoms with Crippen LogP contribution < -0.4 is 5.32 Å². The van der Waals surface area contributed by atoms with Gasteiger partial charge in [-0.05, 0) is 31.9 Å². The first-order valence-corrected chi connectivity index (χ1v) is 8.33. The number of rotatable bonds is 9. The molecule has 0 saturated heterocycles. The third kappa shape index (κ3) is 6.92. The van der Waals surface area contributed by atoms with Gasteiger partial charge in [0, 0.05) is 28.3 Å². The Bertz CT molecular complexity index is 340. The van der Waals surface area contributed by atoms with Crippen molar-refractivity contribution in [3.05, 3.63) is 35.9 Å². The Morgan fingerprint density at radius 1 is 1.22 bits per heavy atom. The molecule has 0 aromatic heterocycles. The molecule has 18 heavy (non-hydrogen) atoms. The van der Waals surface area contributed by atoms with Gasteiger partial charge in [0.1, 0.15) is 0 Å². The molecular formula is C15H25NOS. The van der Waals surface area contributed by atoms with E-state index in [2.05, 4.69) is 19.2 Å². The Kier molecular flexibility index (Phi) is 7.94. The van der Waals surface area contributed by atoms with Gasteiger partial charge in [-0.1, -0.05) is 43.7 Å². The van der Waals surface area contributed by atoms with E-state index in [1.54, 1.807) is 0 Å². The molecule has 1 aromatic rings. The van der Waals surface area contributed by atoms with Crippen LogP contribution in [0.5, 0.6) is 0 Å². The minimum Gasteiger partial charge on any atom is -0.315 e. The van der Waals surface area contributed by atoms with Crippen molar-refractivity contribution in [2.45, 2.75) is 44.9 Å². The smallest absolute Gasteiger partial charge is 0.0485 e. The largest absolute Gasteiger partial charge is 0.315 e. The number of unbranched alkanes of at least 4 members (excludes halogenated alkanes) is 1. The van der Waals surface area contributed by atoms with Crippen LogP contribution in [0, 0.1) is 0 Å². The summed E-state index contributed by atoms with van der Waals surface area (Å²) in [6.45, 7) is 5.37. The predicted octanol–water partition coefficient (Wildman–Crippen LogP) is 3.10. The van der Waals surface area contributed by atoms with Crippen molar-refractivity contribution in [3.63, 3.8) is 0 Å². The molecule has 2 atom stereocenters. The second kappa shape index (κ2) is 9.29. The average Bonchev–Trinajstić information content (AvgIpc) is 2.36. The van der Waals surface area contributed by atoms with Gasteiger partial charge in [0.2, 0.25) is 0 Å². The molecule has 0 bridgehead atoms. The lowest BCUT2D eigenvalue weighted by Crippen LogP contribution is -2.25. The maximum atomic E-state index is 11.9. The summed E-state index contributed by atoms with van der Waals surface area (Å²) in [7, 11) is -0.710. The van der Waals surface area contributed by atoms with Gasteiger partial charge in [-0.15, -0.1) is 0 Å². The maximum absolute atomic E-state index is 11.9. The second-order valence-corrected chi connectivity index (χ2v) is 6.30. The number of benzene rings is 1. The fourth-order valence-electron chi connectivity index (χ4n) is 2.00. The first kappa shape index (κ1) is 15.4. The zero-order valence-corrected chi connectivity index (χ0v) is 12.3. The highest BCUT2D eigenvalue weighted by Gasteiger charge is 2.03. The lowest BCUT2D eigenvalue weighted by molar-refractivity contribution is 0.509. The molecule has 0 aliphatic heterocycles. The SMILES string of the molecule is CCNC(C)CCCCS(=O)Cc1ccccc1. The number of nitrogens with one attached hydrogen (secondary N) is 1. The Morgan fingerprint density at radius 3 is 2.61 bits per heavy atom. The van der Waals surface area contributed by atoms with Gasteiger partial charge >= 0.3 is 0 Å². The van der Waals surface area contributed by atoms with E-state index in [4.69, 9.17) is 0 Å². The van der Waals surface area contributed by atoms with Crippen molar-refractivity contribution >= 4 is 10.8 Å². The molecule has 2 nitrogen and oxygen atoms in total. The summed E-state index contributed by atoms with van der Waals surface area (Å²) in [5.74, 6) is 1.53. The van der Waals surface area contributed by atoms with E-state index in [1.165, 1.54) is 12.0 Å². The normalized spacial score (nSPS) is 14.3. The number of hydrogen-bond acceptors (Lipinski definition) is 2. The topological polar surface area (TPSA) is 29.1 Å². The lowest BCUT2D eigenvalue weighted by atomic mass is 10.1. The molecule has 0 heterocycles. The summed E-state index contributed by atoms with van der Waals surface area (Å²) in [5.41, 5.74) is 1.18. The predicted molar refractivity (Wildman–Crippen MR) is 80.1 cm³/mol. The minimum atomic E-state index is -0.710. The molecule has 0 fully saturated rings. The van der Waals surface area contributed by atoms with E-state index < -0.39 is 10.8 Å². The van der Waals surface area contributed by atoms with Crippen molar-refractivity contribution in [3.8, 4) is 0 Å². The fourth-order valence-corrected chi connectivity index (χ4v) is 3.23. The van der Waals surface area contributed by atoms with E-state index in [0.717, 1.165) is 25.1 Å². The van der Waals surface area contributed by atoms with Gasteiger partial charge in [-0.3, -0.25) is 4.21 Å². The third-order valence-electron chi connectivity index (χ3n) is 2.98. The lowest BCUT2D eigenvalue weighted by Gasteiger charge is -2.11. The van der Waals surface area contributed by atoms with E-state index in [1.807, 2.05) is 30.3 Å². The van der Waals surface area contributed by atoms with Crippen LogP contribution in [0.2, 0.25) is 0 Å². The van der Waals surface area contributed by atoms with Crippen molar-refractivity contribution in [2.24, 2.45) is 0 Å². The first-order chi connectivity index (χ1) is 8.72. The van der Waals surface area contributed by atoms with Crippen LogP contribution in [0.15, 0.2) is 30.3 Å². The van der Waals surface area contributed by atoms with Crippen molar-refractivity contribution in [2.75, 3.05) is 12.3 Å². The van der Waals surface area contributed by atoms with Crippen LogP contribution in [0.1, 0.15) is 38.7 Å². The summed E-state index contributed by atoms with van der Waals surface area (Å²) >= 11 is 0. The summed E-state index contributed by atoms with van der Waals surface area (Å²) in [6, 6.07) is 10.7. The molecule has 0 aliphatic rings. The van der Waals surface area contributed by atoms with Gasteiger partial charge in [0.15, 0.2) is 0 Å². The monoisotopic (exact) mass is 267 g/mol. The molecule has 0 radical (unpaired) electrons. The van der Waals surface area contributed by atoms with Crippen molar-refractivity contribution in [1.82, 2.24) is 5.32 Å². The van der Waals surface area contributed by atoms with E-state index in [9.17, 15) is 4.21 Å². The third-order valence-corrected chi connectivity index (χ3v) is 4.38. The standard InChI is InChI=1S/C15H25NOS/c1-3-16-14(2)9-7-8-12-18(17)13-15-10-5-4-6-11-15/h4-6,10-11,14,16H,3,7-9,12-13H2,1-2H3. The number of hydrogen-bond donors (Lipinski definition) is 1. The summed E-state index contributed by atoms with van der Waals surface area (Å²) in [4.78, 5) is 0. The van der Waals surface area contributed by atoms with Gasteiger partial charge in [-0.25, -0.2) is 0 Å². The second-order valence-electron chi connectivity index (χ2n) is 4.73. The Labute approximate surface area is 114 Å². The maximum Gasteiger partial charge on any atom is 0.0485 e. The van der Waals surface area contributed by atoms with Gasteiger partial charge in [-0.2, -0.15) is 0 Å². The molecule has 0 saturated carbocycles. The molecule has 102 valence electrons. The molecule has 3 heteroatoms. The van der Waals surface area contributed by atoms with Crippen molar-refractivity contribution in [1.29, 1.82) is 0 Å². The molecule has 1 rings (SSSR count). The Balaban J connectivity index is 2.11. The highest BCUT2D eigenvalue weighted by atomic mass is 32.2. The van der Waals surface area contributed by atoms with Crippen LogP contribution in [0.4, 0.5) is 0 Å². The highest BCUT2D eigenvalue weighted by Crippen LogP contribution is 2.06. The van der Waals surface area contributed by atoms with Gasteiger partial charge < -0.3 is 5.32 Å². The molecule has 1 aromatic carbocycles. The molecule has 0 amide bonds. The quantitative estimate of drug-likeness (QED) is 0.697. The van der Waals surface area contributed by atoms with Crippen LogP contribution >= 0.6 is 0 Å². The summed E-state index contributed by atoms with van der Waals surface area (Å²) in [5, 5.41) is 3.40. The Morgan fingerprint density at radius 2 is 1.94 bits per heavy atom.